The monoisotopic (exact) mass is 205 g/mol. The Hall–Kier alpha value is -2.11. The molecule has 6 heteroatoms. The van der Waals surface area contributed by atoms with Crippen LogP contribution in [-0.2, 0) is 6.54 Å². The summed E-state index contributed by atoms with van der Waals surface area (Å²) in [5.41, 5.74) is 1.86. The predicted octanol–water partition coefficient (Wildman–Crippen LogP) is 1.12. The van der Waals surface area contributed by atoms with Gasteiger partial charge in [-0.1, -0.05) is 5.16 Å². The Kier molecular flexibility index (Phi) is 2.77. The number of aromatic nitrogens is 3. The van der Waals surface area contributed by atoms with Gasteiger partial charge in [0.25, 0.3) is 0 Å². The zero-order chi connectivity index (χ0) is 10.5. The summed E-state index contributed by atoms with van der Waals surface area (Å²) < 4.78 is 4.62. The summed E-state index contributed by atoms with van der Waals surface area (Å²) >= 11 is 0. The molecule has 0 saturated carbocycles. The van der Waals surface area contributed by atoms with Gasteiger partial charge in [-0.2, -0.15) is 4.98 Å². The fourth-order valence-corrected chi connectivity index (χ4v) is 1.12. The predicted molar refractivity (Wildman–Crippen MR) is 55.4 cm³/mol. The van der Waals surface area contributed by atoms with Crippen LogP contribution in [0.25, 0.3) is 0 Å². The molecule has 0 spiro atoms. The minimum Gasteiger partial charge on any atom is -0.387 e. The summed E-state index contributed by atoms with van der Waals surface area (Å²) in [6.07, 6.45) is 4.79. The molecule has 0 bridgehead atoms. The van der Waals surface area contributed by atoms with Gasteiger partial charge in [-0.05, 0) is 6.07 Å². The highest BCUT2D eigenvalue weighted by atomic mass is 16.5. The Morgan fingerprint density at radius 3 is 2.93 bits per heavy atom. The van der Waals surface area contributed by atoms with E-state index < -0.39 is 0 Å². The van der Waals surface area contributed by atoms with Gasteiger partial charge < -0.3 is 15.2 Å². The van der Waals surface area contributed by atoms with E-state index in [1.54, 1.807) is 12.4 Å². The molecule has 0 aliphatic heterocycles. The maximum Gasteiger partial charge on any atom is 0.213 e. The van der Waals surface area contributed by atoms with Gasteiger partial charge in [0.1, 0.15) is 0 Å². The van der Waals surface area contributed by atoms with Crippen molar-refractivity contribution in [3.8, 4) is 0 Å². The third-order valence-electron chi connectivity index (χ3n) is 1.88. The Morgan fingerprint density at radius 2 is 2.20 bits per heavy atom. The van der Waals surface area contributed by atoms with Crippen LogP contribution in [-0.4, -0.2) is 22.2 Å². The first-order valence-corrected chi connectivity index (χ1v) is 4.50. The molecule has 0 radical (unpaired) electrons. The molecule has 0 fully saturated rings. The van der Waals surface area contributed by atoms with Crippen molar-refractivity contribution in [1.29, 1.82) is 0 Å². The summed E-state index contributed by atoms with van der Waals surface area (Å²) in [4.78, 5) is 7.96. The molecule has 2 N–H and O–H groups in total. The minimum atomic E-state index is 0.519. The Morgan fingerprint density at radius 1 is 1.33 bits per heavy atom. The normalized spacial score (nSPS) is 9.93. The van der Waals surface area contributed by atoms with Crippen LogP contribution >= 0.6 is 0 Å². The number of hydrogen-bond donors (Lipinski definition) is 2. The fraction of sp³-hybridized carbons (Fsp3) is 0.222. The van der Waals surface area contributed by atoms with Crippen LogP contribution in [0.5, 0.6) is 0 Å². The van der Waals surface area contributed by atoms with Gasteiger partial charge >= 0.3 is 0 Å². The van der Waals surface area contributed by atoms with Crippen LogP contribution in [0.3, 0.4) is 0 Å². The second kappa shape index (κ2) is 4.41. The van der Waals surface area contributed by atoms with Crippen LogP contribution < -0.4 is 10.6 Å². The van der Waals surface area contributed by atoms with E-state index in [4.69, 9.17) is 0 Å². The molecule has 2 aromatic rings. The van der Waals surface area contributed by atoms with E-state index in [2.05, 4.69) is 30.3 Å². The Labute approximate surface area is 86.7 Å². The summed E-state index contributed by atoms with van der Waals surface area (Å²) in [6, 6.07) is 1.95. The van der Waals surface area contributed by atoms with Crippen molar-refractivity contribution in [1.82, 2.24) is 15.1 Å². The number of rotatable bonds is 4. The summed E-state index contributed by atoms with van der Waals surface area (Å²) in [7, 11) is 1.85. The largest absolute Gasteiger partial charge is 0.387 e. The van der Waals surface area contributed by atoms with Crippen LogP contribution in [0.1, 0.15) is 5.82 Å². The van der Waals surface area contributed by atoms with E-state index in [1.165, 1.54) is 6.39 Å². The number of nitrogens with zero attached hydrogens (tertiary/aromatic N) is 3. The second-order valence-corrected chi connectivity index (χ2v) is 2.91. The highest BCUT2D eigenvalue weighted by Gasteiger charge is 1.99. The van der Waals surface area contributed by atoms with Gasteiger partial charge in [0.15, 0.2) is 5.82 Å². The standard InChI is InChI=1S/C9H11N5O/c1-10-7-2-8(4-11-3-7)12-5-9-13-6-15-14-9/h2-4,6,10,12H,5H2,1H3. The average Bonchev–Trinajstić information content (AvgIpc) is 2.79. The lowest BCUT2D eigenvalue weighted by Gasteiger charge is -2.04. The molecular formula is C9H11N5O. The molecule has 2 aromatic heterocycles. The molecular weight excluding hydrogens is 194 g/mol. The number of anilines is 2. The zero-order valence-electron chi connectivity index (χ0n) is 8.27. The van der Waals surface area contributed by atoms with E-state index in [9.17, 15) is 0 Å². The summed E-state index contributed by atoms with van der Waals surface area (Å²) in [5, 5.41) is 9.83. The molecule has 15 heavy (non-hydrogen) atoms. The molecule has 0 aliphatic rings. The van der Waals surface area contributed by atoms with Crippen molar-refractivity contribution in [2.45, 2.75) is 6.54 Å². The fourth-order valence-electron chi connectivity index (χ4n) is 1.12. The Bertz CT molecular complexity index is 414. The van der Waals surface area contributed by atoms with Crippen molar-refractivity contribution in [2.75, 3.05) is 17.7 Å². The maximum absolute atomic E-state index is 4.62. The van der Waals surface area contributed by atoms with Gasteiger partial charge in [0.05, 0.1) is 30.3 Å². The molecule has 0 aliphatic carbocycles. The van der Waals surface area contributed by atoms with Gasteiger partial charge in [0, 0.05) is 7.05 Å². The quantitative estimate of drug-likeness (QED) is 0.778. The molecule has 0 atom stereocenters. The third kappa shape index (κ3) is 2.43. The first-order valence-electron chi connectivity index (χ1n) is 4.50. The van der Waals surface area contributed by atoms with Gasteiger partial charge in [-0.3, -0.25) is 4.98 Å². The lowest BCUT2D eigenvalue weighted by molar-refractivity contribution is 0.411. The maximum atomic E-state index is 4.62. The average molecular weight is 205 g/mol. The minimum absolute atomic E-state index is 0.519. The van der Waals surface area contributed by atoms with E-state index in [1.807, 2.05) is 13.1 Å². The topological polar surface area (TPSA) is 75.9 Å². The van der Waals surface area contributed by atoms with Gasteiger partial charge in [-0.15, -0.1) is 0 Å². The molecule has 0 saturated heterocycles. The zero-order valence-corrected chi connectivity index (χ0v) is 8.27. The first-order chi connectivity index (χ1) is 7.38. The molecule has 2 heterocycles. The molecule has 0 aromatic carbocycles. The van der Waals surface area contributed by atoms with Crippen LogP contribution in [0.2, 0.25) is 0 Å². The lowest BCUT2D eigenvalue weighted by Crippen LogP contribution is -2.02. The number of nitrogens with one attached hydrogen (secondary N) is 2. The van der Waals surface area contributed by atoms with Crippen molar-refractivity contribution in [3.05, 3.63) is 30.7 Å². The van der Waals surface area contributed by atoms with Crippen LogP contribution in [0.4, 0.5) is 11.4 Å². The lowest BCUT2D eigenvalue weighted by atomic mass is 10.3. The van der Waals surface area contributed by atoms with Crippen molar-refractivity contribution < 1.29 is 4.52 Å². The molecule has 0 unspecified atom stereocenters. The van der Waals surface area contributed by atoms with E-state index in [-0.39, 0.29) is 0 Å². The summed E-state index contributed by atoms with van der Waals surface area (Å²) in [5.74, 6) is 0.616. The highest BCUT2D eigenvalue weighted by Crippen LogP contribution is 2.12. The smallest absolute Gasteiger partial charge is 0.213 e. The van der Waals surface area contributed by atoms with E-state index >= 15 is 0 Å². The number of pyridine rings is 1. The second-order valence-electron chi connectivity index (χ2n) is 2.91. The Balaban J connectivity index is 1.98. The van der Waals surface area contributed by atoms with Crippen molar-refractivity contribution >= 4 is 11.4 Å². The van der Waals surface area contributed by atoms with Gasteiger partial charge in [0.2, 0.25) is 6.39 Å². The molecule has 78 valence electrons. The first kappa shape index (κ1) is 9.45. The number of hydrogen-bond acceptors (Lipinski definition) is 6. The molecule has 6 nitrogen and oxygen atoms in total. The highest BCUT2D eigenvalue weighted by molar-refractivity contribution is 5.53. The van der Waals surface area contributed by atoms with Crippen LogP contribution in [0, 0.1) is 0 Å². The van der Waals surface area contributed by atoms with Gasteiger partial charge in [-0.25, -0.2) is 0 Å². The van der Waals surface area contributed by atoms with Crippen LogP contribution in [0.15, 0.2) is 29.4 Å². The SMILES string of the molecule is CNc1cncc(NCc2ncon2)c1. The van der Waals surface area contributed by atoms with Crippen molar-refractivity contribution in [2.24, 2.45) is 0 Å². The summed E-state index contributed by atoms with van der Waals surface area (Å²) in [6.45, 7) is 0.519. The van der Waals surface area contributed by atoms with E-state index in [0.717, 1.165) is 11.4 Å². The third-order valence-corrected chi connectivity index (χ3v) is 1.88. The van der Waals surface area contributed by atoms with E-state index in [0.29, 0.717) is 12.4 Å². The molecule has 0 amide bonds. The molecule has 2 rings (SSSR count). The van der Waals surface area contributed by atoms with Crippen molar-refractivity contribution in [3.63, 3.8) is 0 Å².